The van der Waals surface area contributed by atoms with Gasteiger partial charge in [0, 0.05) is 38.4 Å². The zero-order valence-corrected chi connectivity index (χ0v) is 20.4. The Morgan fingerprint density at radius 1 is 1.03 bits per heavy atom. The molecule has 0 aliphatic carbocycles. The van der Waals surface area contributed by atoms with Crippen LogP contribution in [0.2, 0.25) is 0 Å². The van der Waals surface area contributed by atoms with E-state index in [0.29, 0.717) is 23.6 Å². The van der Waals surface area contributed by atoms with Crippen LogP contribution in [0.5, 0.6) is 11.5 Å². The van der Waals surface area contributed by atoms with Crippen LogP contribution in [-0.4, -0.2) is 70.5 Å². The number of para-hydroxylation sites is 2. The summed E-state index contributed by atoms with van der Waals surface area (Å²) in [4.78, 5) is 30.2. The Labute approximate surface area is 205 Å². The van der Waals surface area contributed by atoms with Crippen LogP contribution in [0.1, 0.15) is 18.5 Å². The van der Waals surface area contributed by atoms with Crippen molar-refractivity contribution in [3.63, 3.8) is 0 Å². The van der Waals surface area contributed by atoms with E-state index in [4.69, 9.17) is 14.2 Å². The molecule has 2 aromatic carbocycles. The summed E-state index contributed by atoms with van der Waals surface area (Å²) in [5, 5.41) is 5.74. The summed E-state index contributed by atoms with van der Waals surface area (Å²) in [5.74, 6) is 1.04. The lowest BCUT2D eigenvalue weighted by molar-refractivity contribution is -0.139. The van der Waals surface area contributed by atoms with E-state index in [0.717, 1.165) is 43.2 Å². The fourth-order valence-electron chi connectivity index (χ4n) is 4.53. The Bertz CT molecular complexity index is 1090. The molecular weight excluding hydrogens is 448 g/mol. The molecule has 1 saturated heterocycles. The van der Waals surface area contributed by atoms with Gasteiger partial charge in [0.15, 0.2) is 0 Å². The number of ether oxygens (including phenoxy) is 3. The minimum Gasteiger partial charge on any atom is -0.497 e. The number of amides is 2. The van der Waals surface area contributed by atoms with Crippen molar-refractivity contribution in [3.05, 3.63) is 65.4 Å². The van der Waals surface area contributed by atoms with Crippen molar-refractivity contribution in [1.29, 1.82) is 0 Å². The highest BCUT2D eigenvalue weighted by Gasteiger charge is 2.35. The number of methoxy groups -OCH3 is 2. The molecule has 0 spiro atoms. The molecule has 2 aliphatic heterocycles. The van der Waals surface area contributed by atoms with Crippen molar-refractivity contribution >= 4 is 17.7 Å². The first-order valence-corrected chi connectivity index (χ1v) is 11.8. The van der Waals surface area contributed by atoms with Gasteiger partial charge in [0.1, 0.15) is 11.5 Å². The molecule has 0 bridgehead atoms. The number of nitrogens with one attached hydrogen (secondary N) is 2. The van der Waals surface area contributed by atoms with Crippen LogP contribution < -0.4 is 25.0 Å². The zero-order chi connectivity index (χ0) is 24.8. The fraction of sp³-hybridized carbons (Fsp3) is 0.385. The molecule has 0 saturated carbocycles. The van der Waals surface area contributed by atoms with Crippen molar-refractivity contribution in [2.24, 2.45) is 0 Å². The molecule has 2 amide bonds. The Morgan fingerprint density at radius 2 is 1.80 bits per heavy atom. The third-order valence-corrected chi connectivity index (χ3v) is 6.26. The molecule has 0 unspecified atom stereocenters. The Hall–Kier alpha value is -3.72. The molecule has 9 nitrogen and oxygen atoms in total. The van der Waals surface area contributed by atoms with Gasteiger partial charge in [-0.25, -0.2) is 9.59 Å². The monoisotopic (exact) mass is 480 g/mol. The van der Waals surface area contributed by atoms with E-state index >= 15 is 0 Å². The van der Waals surface area contributed by atoms with Crippen LogP contribution in [0, 0.1) is 0 Å². The number of hydrogen-bond acceptors (Lipinski definition) is 7. The maximum atomic E-state index is 13.1. The third kappa shape index (κ3) is 5.51. The average molecular weight is 481 g/mol. The molecule has 2 N–H and O–H groups in total. The van der Waals surface area contributed by atoms with E-state index in [1.54, 1.807) is 21.1 Å². The third-order valence-electron chi connectivity index (χ3n) is 6.26. The second kappa shape index (κ2) is 11.1. The normalized spacial score (nSPS) is 18.5. The minimum absolute atomic E-state index is 0.242. The molecule has 1 atom stereocenters. The van der Waals surface area contributed by atoms with Crippen LogP contribution in [0.15, 0.2) is 59.8 Å². The molecular formula is C26H32N4O5. The van der Waals surface area contributed by atoms with Crippen molar-refractivity contribution in [3.8, 4) is 11.5 Å². The van der Waals surface area contributed by atoms with E-state index in [1.165, 1.54) is 0 Å². The second-order valence-corrected chi connectivity index (χ2v) is 8.36. The molecule has 1 fully saturated rings. The highest BCUT2D eigenvalue weighted by molar-refractivity contribution is 5.95. The number of nitrogens with zero attached hydrogens (tertiary/aromatic N) is 2. The second-order valence-electron chi connectivity index (χ2n) is 8.36. The summed E-state index contributed by atoms with van der Waals surface area (Å²) in [6.07, 6.45) is 0. The quantitative estimate of drug-likeness (QED) is 0.562. The van der Waals surface area contributed by atoms with Gasteiger partial charge in [-0.3, -0.25) is 4.90 Å². The Morgan fingerprint density at radius 3 is 2.51 bits per heavy atom. The maximum Gasteiger partial charge on any atom is 0.338 e. The van der Waals surface area contributed by atoms with Gasteiger partial charge in [0.05, 0.1) is 38.1 Å². The smallest absolute Gasteiger partial charge is 0.338 e. The van der Waals surface area contributed by atoms with Gasteiger partial charge >= 0.3 is 12.0 Å². The maximum absolute atomic E-state index is 13.1. The Kier molecular flexibility index (Phi) is 7.77. The number of esters is 1. The molecule has 186 valence electrons. The molecule has 2 aromatic rings. The van der Waals surface area contributed by atoms with Crippen LogP contribution in [0.4, 0.5) is 10.5 Å². The number of rotatable bonds is 8. The predicted octanol–water partition coefficient (Wildman–Crippen LogP) is 2.70. The lowest BCUT2D eigenvalue weighted by Gasteiger charge is -2.38. The topological polar surface area (TPSA) is 92.4 Å². The summed E-state index contributed by atoms with van der Waals surface area (Å²) in [7, 11) is 3.26. The first-order valence-electron chi connectivity index (χ1n) is 11.8. The highest BCUT2D eigenvalue weighted by atomic mass is 16.5. The number of urea groups is 1. The predicted molar refractivity (Wildman–Crippen MR) is 133 cm³/mol. The van der Waals surface area contributed by atoms with Crippen molar-refractivity contribution < 1.29 is 23.8 Å². The van der Waals surface area contributed by atoms with Crippen LogP contribution >= 0.6 is 0 Å². The van der Waals surface area contributed by atoms with Gasteiger partial charge in [-0.1, -0.05) is 24.3 Å². The summed E-state index contributed by atoms with van der Waals surface area (Å²) < 4.78 is 16.2. The number of carbonyl (C=O) groups excluding carboxylic acids is 2. The zero-order valence-electron chi connectivity index (χ0n) is 20.4. The van der Waals surface area contributed by atoms with E-state index in [2.05, 4.69) is 26.5 Å². The molecule has 2 heterocycles. The van der Waals surface area contributed by atoms with Gasteiger partial charge in [0.2, 0.25) is 0 Å². The lowest BCUT2D eigenvalue weighted by Crippen LogP contribution is -2.51. The van der Waals surface area contributed by atoms with Gasteiger partial charge < -0.3 is 29.7 Å². The Balaban J connectivity index is 1.57. The molecule has 35 heavy (non-hydrogen) atoms. The molecule has 4 rings (SSSR count). The number of carbonyl (C=O) groups is 2. The van der Waals surface area contributed by atoms with Gasteiger partial charge in [-0.2, -0.15) is 0 Å². The van der Waals surface area contributed by atoms with Crippen LogP contribution in [0.3, 0.4) is 0 Å². The van der Waals surface area contributed by atoms with Gasteiger partial charge in [-0.05, 0) is 36.8 Å². The minimum atomic E-state index is -0.636. The lowest BCUT2D eigenvalue weighted by atomic mass is 9.94. The summed E-state index contributed by atoms with van der Waals surface area (Å²) in [6.45, 7) is 5.58. The van der Waals surface area contributed by atoms with E-state index in [1.807, 2.05) is 42.5 Å². The number of anilines is 1. The molecule has 0 aromatic heterocycles. The average Bonchev–Trinajstić information content (AvgIpc) is 2.89. The SMILES string of the molecule is CCOC(=O)C1=C(CN2CCN(c3ccccc3OC)CC2)NC(=O)N[C@H]1c1cccc(OC)c1. The first-order chi connectivity index (χ1) is 17.0. The van der Waals surface area contributed by atoms with E-state index < -0.39 is 12.0 Å². The van der Waals surface area contributed by atoms with Crippen molar-refractivity contribution in [1.82, 2.24) is 15.5 Å². The molecule has 9 heteroatoms. The molecule has 0 radical (unpaired) electrons. The summed E-state index contributed by atoms with van der Waals surface area (Å²) >= 11 is 0. The standard InChI is InChI=1S/C26H32N4O5/c1-4-35-25(31)23-20(27-26(32)28-24(23)18-8-7-9-19(16-18)33-2)17-29-12-14-30(15-13-29)21-10-5-6-11-22(21)34-3/h5-11,16,24H,4,12-15,17H2,1-3H3,(H2,27,28,32)/t24-/m0/s1. The summed E-state index contributed by atoms with van der Waals surface area (Å²) in [5.41, 5.74) is 2.78. The fourth-order valence-corrected chi connectivity index (χ4v) is 4.53. The van der Waals surface area contributed by atoms with E-state index in [-0.39, 0.29) is 12.6 Å². The number of benzene rings is 2. The van der Waals surface area contributed by atoms with Crippen molar-refractivity contribution in [2.75, 3.05) is 58.5 Å². The van der Waals surface area contributed by atoms with Gasteiger partial charge in [-0.15, -0.1) is 0 Å². The molecule has 2 aliphatic rings. The van der Waals surface area contributed by atoms with Crippen LogP contribution in [0.25, 0.3) is 0 Å². The first kappa shape index (κ1) is 24.4. The highest BCUT2D eigenvalue weighted by Crippen LogP contribution is 2.31. The number of hydrogen-bond donors (Lipinski definition) is 2. The van der Waals surface area contributed by atoms with Crippen molar-refractivity contribution in [2.45, 2.75) is 13.0 Å². The largest absolute Gasteiger partial charge is 0.497 e. The number of piperazine rings is 1. The van der Waals surface area contributed by atoms with E-state index in [9.17, 15) is 9.59 Å². The summed E-state index contributed by atoms with van der Waals surface area (Å²) in [6, 6.07) is 14.3. The van der Waals surface area contributed by atoms with Gasteiger partial charge in [0.25, 0.3) is 0 Å². The van der Waals surface area contributed by atoms with Crippen LogP contribution in [-0.2, 0) is 9.53 Å².